The van der Waals surface area contributed by atoms with Crippen LogP contribution < -0.4 is 0 Å². The lowest BCUT2D eigenvalue weighted by atomic mass is 9.99. The molecule has 0 radical (unpaired) electrons. The SMILES string of the molecule is CC(C)Cc1ccc2c(c1)C(=O)C(OC=O)C2=O. The molecule has 1 aliphatic rings. The van der Waals surface area contributed by atoms with Gasteiger partial charge in [-0.3, -0.25) is 14.4 Å². The Hall–Kier alpha value is -1.97. The lowest BCUT2D eigenvalue weighted by Crippen LogP contribution is -2.25. The van der Waals surface area contributed by atoms with E-state index in [-0.39, 0.29) is 6.47 Å². The molecule has 0 amide bonds. The molecular weight excluding hydrogens is 232 g/mol. The fourth-order valence-electron chi connectivity index (χ4n) is 2.19. The highest BCUT2D eigenvalue weighted by atomic mass is 16.5. The Kier molecular flexibility index (Phi) is 3.28. The van der Waals surface area contributed by atoms with Gasteiger partial charge in [-0.2, -0.15) is 0 Å². The Labute approximate surface area is 105 Å². The molecule has 0 fully saturated rings. The predicted molar refractivity (Wildman–Crippen MR) is 64.6 cm³/mol. The molecule has 4 heteroatoms. The molecule has 2 rings (SSSR count). The van der Waals surface area contributed by atoms with Crippen LogP contribution in [0.5, 0.6) is 0 Å². The number of fused-ring (bicyclic) bond motifs is 1. The topological polar surface area (TPSA) is 60.4 Å². The van der Waals surface area contributed by atoms with Crippen LogP contribution in [0, 0.1) is 5.92 Å². The fourth-order valence-corrected chi connectivity index (χ4v) is 2.19. The van der Waals surface area contributed by atoms with Crippen LogP contribution in [0.3, 0.4) is 0 Å². The molecule has 0 N–H and O–H groups in total. The van der Waals surface area contributed by atoms with Gasteiger partial charge < -0.3 is 4.74 Å². The number of ketones is 2. The van der Waals surface area contributed by atoms with Gasteiger partial charge >= 0.3 is 0 Å². The van der Waals surface area contributed by atoms with Crippen molar-refractivity contribution in [2.75, 3.05) is 0 Å². The number of ether oxygens (including phenoxy) is 1. The van der Waals surface area contributed by atoms with Crippen molar-refractivity contribution in [1.29, 1.82) is 0 Å². The normalized spacial score (nSPS) is 18.1. The smallest absolute Gasteiger partial charge is 0.294 e. The van der Waals surface area contributed by atoms with Gasteiger partial charge in [0.2, 0.25) is 17.7 Å². The van der Waals surface area contributed by atoms with Crippen LogP contribution in [0.25, 0.3) is 0 Å². The number of rotatable bonds is 4. The zero-order chi connectivity index (χ0) is 13.3. The molecule has 0 spiro atoms. The van der Waals surface area contributed by atoms with Crippen molar-refractivity contribution >= 4 is 18.0 Å². The second-order valence-electron chi connectivity index (χ2n) is 4.82. The van der Waals surface area contributed by atoms with Crippen LogP contribution in [0.1, 0.15) is 40.1 Å². The first kappa shape index (κ1) is 12.5. The van der Waals surface area contributed by atoms with Gasteiger partial charge in [-0.05, 0) is 24.0 Å². The molecule has 0 heterocycles. The minimum atomic E-state index is -1.29. The third kappa shape index (κ3) is 2.06. The molecule has 1 unspecified atom stereocenters. The van der Waals surface area contributed by atoms with Crippen LogP contribution in [0.2, 0.25) is 0 Å². The maximum Gasteiger partial charge on any atom is 0.294 e. The molecule has 1 aromatic rings. The van der Waals surface area contributed by atoms with Crippen molar-refractivity contribution in [1.82, 2.24) is 0 Å². The maximum absolute atomic E-state index is 11.9. The zero-order valence-electron chi connectivity index (χ0n) is 10.3. The molecule has 94 valence electrons. The highest BCUT2D eigenvalue weighted by Crippen LogP contribution is 2.26. The van der Waals surface area contributed by atoms with Crippen LogP contribution in [0.4, 0.5) is 0 Å². The van der Waals surface area contributed by atoms with E-state index < -0.39 is 17.7 Å². The summed E-state index contributed by atoms with van der Waals surface area (Å²) in [4.78, 5) is 34.0. The van der Waals surface area contributed by atoms with Gasteiger partial charge in [0.25, 0.3) is 6.47 Å². The van der Waals surface area contributed by atoms with Crippen LogP contribution >= 0.6 is 0 Å². The molecular formula is C14H14O4. The van der Waals surface area contributed by atoms with E-state index in [0.717, 1.165) is 12.0 Å². The molecule has 0 aromatic heterocycles. The quantitative estimate of drug-likeness (QED) is 0.600. The highest BCUT2D eigenvalue weighted by Gasteiger charge is 2.40. The Morgan fingerprint density at radius 3 is 2.50 bits per heavy atom. The van der Waals surface area contributed by atoms with Gasteiger partial charge in [-0.25, -0.2) is 0 Å². The first-order valence-corrected chi connectivity index (χ1v) is 5.85. The van der Waals surface area contributed by atoms with Crippen molar-refractivity contribution in [3.63, 3.8) is 0 Å². The monoisotopic (exact) mass is 246 g/mol. The first-order chi connectivity index (χ1) is 8.54. The lowest BCUT2D eigenvalue weighted by Gasteiger charge is -2.05. The summed E-state index contributed by atoms with van der Waals surface area (Å²) in [7, 11) is 0. The van der Waals surface area contributed by atoms with E-state index in [9.17, 15) is 14.4 Å². The van der Waals surface area contributed by atoms with E-state index in [1.165, 1.54) is 0 Å². The summed E-state index contributed by atoms with van der Waals surface area (Å²) in [6.45, 7) is 4.30. The van der Waals surface area contributed by atoms with Gasteiger partial charge in [-0.1, -0.05) is 26.0 Å². The maximum atomic E-state index is 11.9. The molecule has 0 saturated carbocycles. The van der Waals surface area contributed by atoms with Crippen molar-refractivity contribution in [3.8, 4) is 0 Å². The zero-order valence-corrected chi connectivity index (χ0v) is 10.3. The molecule has 1 aromatic carbocycles. The van der Waals surface area contributed by atoms with E-state index >= 15 is 0 Å². The molecule has 4 nitrogen and oxygen atoms in total. The van der Waals surface area contributed by atoms with E-state index in [1.54, 1.807) is 12.1 Å². The summed E-state index contributed by atoms with van der Waals surface area (Å²) < 4.78 is 4.55. The number of carbonyl (C=O) groups is 3. The van der Waals surface area contributed by atoms with Gasteiger partial charge in [0.05, 0.1) is 0 Å². The van der Waals surface area contributed by atoms with Crippen molar-refractivity contribution in [2.45, 2.75) is 26.4 Å². The summed E-state index contributed by atoms with van der Waals surface area (Å²) >= 11 is 0. The highest BCUT2D eigenvalue weighted by molar-refractivity contribution is 6.29. The average Bonchev–Trinajstić information content (AvgIpc) is 2.54. The number of benzene rings is 1. The van der Waals surface area contributed by atoms with Crippen molar-refractivity contribution in [3.05, 3.63) is 34.9 Å². The van der Waals surface area contributed by atoms with Crippen LogP contribution in [-0.4, -0.2) is 24.1 Å². The molecule has 1 atom stereocenters. The standard InChI is InChI=1S/C14H14O4/c1-8(2)5-9-3-4-10-11(6-9)13(17)14(12(10)16)18-7-15/h3-4,6-8,14H,5H2,1-2H3. The minimum Gasteiger partial charge on any atom is -0.448 e. The molecule has 18 heavy (non-hydrogen) atoms. The van der Waals surface area contributed by atoms with Gasteiger partial charge in [0.1, 0.15) is 0 Å². The summed E-state index contributed by atoms with van der Waals surface area (Å²) in [6.07, 6.45) is -0.444. The number of hydrogen-bond acceptors (Lipinski definition) is 4. The minimum absolute atomic E-state index is 0.140. The van der Waals surface area contributed by atoms with E-state index in [2.05, 4.69) is 18.6 Å². The molecule has 1 aliphatic carbocycles. The second-order valence-corrected chi connectivity index (χ2v) is 4.82. The van der Waals surface area contributed by atoms with Gasteiger partial charge in [0.15, 0.2) is 0 Å². The van der Waals surface area contributed by atoms with Gasteiger partial charge in [0, 0.05) is 11.1 Å². The lowest BCUT2D eigenvalue weighted by molar-refractivity contribution is -0.130. The summed E-state index contributed by atoms with van der Waals surface area (Å²) in [5.41, 5.74) is 1.72. The Balaban J connectivity index is 2.36. The number of Topliss-reactive ketones (excluding diaryl/α,β-unsaturated/α-hetero) is 2. The first-order valence-electron chi connectivity index (χ1n) is 5.85. The third-order valence-electron chi connectivity index (χ3n) is 2.93. The average molecular weight is 246 g/mol. The van der Waals surface area contributed by atoms with E-state index in [1.807, 2.05) is 6.07 Å². The van der Waals surface area contributed by atoms with E-state index in [0.29, 0.717) is 17.0 Å². The fraction of sp³-hybridized carbons (Fsp3) is 0.357. The largest absolute Gasteiger partial charge is 0.448 e. The second kappa shape index (κ2) is 4.72. The van der Waals surface area contributed by atoms with Crippen molar-refractivity contribution in [2.24, 2.45) is 5.92 Å². The Morgan fingerprint density at radius 2 is 1.89 bits per heavy atom. The molecule has 0 bridgehead atoms. The van der Waals surface area contributed by atoms with E-state index in [4.69, 9.17) is 0 Å². The summed E-state index contributed by atoms with van der Waals surface area (Å²) in [6, 6.07) is 5.21. The van der Waals surface area contributed by atoms with Gasteiger partial charge in [-0.15, -0.1) is 0 Å². The summed E-state index contributed by atoms with van der Waals surface area (Å²) in [5, 5.41) is 0. The molecule has 0 saturated heterocycles. The molecule has 0 aliphatic heterocycles. The number of hydrogen-bond donors (Lipinski definition) is 0. The van der Waals surface area contributed by atoms with Crippen LogP contribution in [0.15, 0.2) is 18.2 Å². The third-order valence-corrected chi connectivity index (χ3v) is 2.93. The summed E-state index contributed by atoms with van der Waals surface area (Å²) in [5.74, 6) is -0.386. The predicted octanol–water partition coefficient (Wildman–Crippen LogP) is 1.81. The van der Waals surface area contributed by atoms with Crippen molar-refractivity contribution < 1.29 is 19.1 Å². The Bertz CT molecular complexity index is 517. The Morgan fingerprint density at radius 1 is 1.22 bits per heavy atom. The number of carbonyl (C=O) groups excluding carboxylic acids is 3. The van der Waals surface area contributed by atoms with Crippen LogP contribution in [-0.2, 0) is 16.0 Å².